The third-order valence-electron chi connectivity index (χ3n) is 4.21. The van der Waals surface area contributed by atoms with E-state index in [-0.39, 0.29) is 11.6 Å². The molecule has 0 aliphatic rings. The van der Waals surface area contributed by atoms with E-state index >= 15 is 0 Å². The maximum atomic E-state index is 6.41. The maximum absolute atomic E-state index is 6.41. The molecule has 1 atom stereocenters. The van der Waals surface area contributed by atoms with Crippen LogP contribution in [0.4, 0.5) is 0 Å². The Morgan fingerprint density at radius 3 is 2.62 bits per heavy atom. The number of hydrogen-bond donors (Lipinski definition) is 1. The first-order chi connectivity index (χ1) is 12.3. The highest BCUT2D eigenvalue weighted by Gasteiger charge is 2.24. The molecule has 6 nitrogen and oxygen atoms in total. The van der Waals surface area contributed by atoms with Crippen molar-refractivity contribution in [2.24, 2.45) is 0 Å². The number of hydrogen-bond acceptors (Lipinski definition) is 5. The molecule has 2 heterocycles. The summed E-state index contributed by atoms with van der Waals surface area (Å²) in [7, 11) is 1.91. The van der Waals surface area contributed by atoms with Crippen LogP contribution >= 0.6 is 11.6 Å². The molecule has 1 unspecified atom stereocenters. The molecular weight excluding hydrogens is 350 g/mol. The third-order valence-corrected chi connectivity index (χ3v) is 4.54. The minimum Gasteiger partial charge on any atom is -0.334 e. The summed E-state index contributed by atoms with van der Waals surface area (Å²) in [5, 5.41) is 12.7. The second-order valence-corrected chi connectivity index (χ2v) is 7.80. The first-order valence-electron chi connectivity index (χ1n) is 8.65. The minimum atomic E-state index is -0.183. The van der Waals surface area contributed by atoms with Gasteiger partial charge in [0.1, 0.15) is 5.69 Å². The molecule has 0 fully saturated rings. The zero-order valence-electron chi connectivity index (χ0n) is 15.7. The van der Waals surface area contributed by atoms with Crippen LogP contribution in [0.1, 0.15) is 33.5 Å². The van der Waals surface area contributed by atoms with Crippen molar-refractivity contribution in [1.82, 2.24) is 25.2 Å². The monoisotopic (exact) mass is 373 g/mol. The molecule has 3 rings (SSSR count). The molecule has 138 valence electrons. The highest BCUT2D eigenvalue weighted by molar-refractivity contribution is 6.33. The molecule has 2 aromatic heterocycles. The van der Waals surface area contributed by atoms with E-state index in [2.05, 4.69) is 43.2 Å². The Kier molecular flexibility index (Phi) is 5.16. The fourth-order valence-electron chi connectivity index (χ4n) is 2.55. The van der Waals surface area contributed by atoms with E-state index in [9.17, 15) is 0 Å². The first-order valence-corrected chi connectivity index (χ1v) is 9.02. The van der Waals surface area contributed by atoms with Gasteiger partial charge in [-0.2, -0.15) is 10.1 Å². The summed E-state index contributed by atoms with van der Waals surface area (Å²) in [5.74, 6) is 1.11. The summed E-state index contributed by atoms with van der Waals surface area (Å²) in [4.78, 5) is 4.57. The van der Waals surface area contributed by atoms with Crippen LogP contribution in [0.25, 0.3) is 22.7 Å². The molecule has 3 aromatic rings. The standard InChI is InChI=1S/C19H24ClN5O/c1-12(21-5)10-16-22-18(26-24-16)14-11-25(19(2,3)4)23-17(14)13-8-6-7-9-15(13)20/h6-9,11-12,21H,10H2,1-5H3. The van der Waals surface area contributed by atoms with Gasteiger partial charge in [0.25, 0.3) is 5.89 Å². The van der Waals surface area contributed by atoms with E-state index in [1.165, 1.54) is 0 Å². The lowest BCUT2D eigenvalue weighted by molar-refractivity contribution is 0.356. The summed E-state index contributed by atoms with van der Waals surface area (Å²) >= 11 is 6.41. The van der Waals surface area contributed by atoms with Crippen LogP contribution < -0.4 is 5.32 Å². The molecular formula is C19H24ClN5O. The molecule has 7 heteroatoms. The number of benzene rings is 1. The zero-order valence-corrected chi connectivity index (χ0v) is 16.5. The summed E-state index contributed by atoms with van der Waals surface area (Å²) in [5.41, 5.74) is 2.18. The highest BCUT2D eigenvalue weighted by Crippen LogP contribution is 2.35. The number of aromatic nitrogens is 4. The van der Waals surface area contributed by atoms with Gasteiger partial charge in [-0.3, -0.25) is 4.68 Å². The average Bonchev–Trinajstić information content (AvgIpc) is 3.21. The van der Waals surface area contributed by atoms with Gasteiger partial charge in [-0.15, -0.1) is 0 Å². The van der Waals surface area contributed by atoms with Crippen molar-refractivity contribution >= 4 is 11.6 Å². The van der Waals surface area contributed by atoms with Gasteiger partial charge in [-0.1, -0.05) is 35.0 Å². The molecule has 26 heavy (non-hydrogen) atoms. The molecule has 0 saturated heterocycles. The average molecular weight is 374 g/mol. The van der Waals surface area contributed by atoms with Gasteiger partial charge in [0.05, 0.1) is 16.1 Å². The van der Waals surface area contributed by atoms with Crippen LogP contribution in [0.15, 0.2) is 35.0 Å². The molecule has 0 bridgehead atoms. The van der Waals surface area contributed by atoms with Crippen molar-refractivity contribution < 1.29 is 4.52 Å². The summed E-state index contributed by atoms with van der Waals surface area (Å²) in [6.07, 6.45) is 2.63. The summed E-state index contributed by atoms with van der Waals surface area (Å²) in [6, 6.07) is 7.90. The van der Waals surface area contributed by atoms with E-state index in [1.54, 1.807) is 0 Å². The largest absolute Gasteiger partial charge is 0.334 e. The van der Waals surface area contributed by atoms with Crippen molar-refractivity contribution in [3.8, 4) is 22.7 Å². The number of halogens is 1. The Morgan fingerprint density at radius 2 is 1.96 bits per heavy atom. The molecule has 0 spiro atoms. The van der Waals surface area contributed by atoms with Crippen molar-refractivity contribution in [2.75, 3.05) is 7.05 Å². The van der Waals surface area contributed by atoms with E-state index < -0.39 is 0 Å². The zero-order chi connectivity index (χ0) is 18.9. The fraction of sp³-hybridized carbons (Fsp3) is 0.421. The Bertz CT molecular complexity index is 893. The van der Waals surface area contributed by atoms with E-state index in [1.807, 2.05) is 42.2 Å². The third kappa shape index (κ3) is 3.81. The van der Waals surface area contributed by atoms with Crippen LogP contribution in [0.5, 0.6) is 0 Å². The Labute approximate surface area is 158 Å². The van der Waals surface area contributed by atoms with Crippen LogP contribution in [0, 0.1) is 0 Å². The normalized spacial score (nSPS) is 13.2. The SMILES string of the molecule is CNC(C)Cc1noc(-c2cn(C(C)(C)C)nc2-c2ccccc2Cl)n1. The van der Waals surface area contributed by atoms with Gasteiger partial charge in [0.2, 0.25) is 0 Å². The molecule has 0 aliphatic heterocycles. The number of rotatable bonds is 5. The van der Waals surface area contributed by atoms with Crippen LogP contribution in [0.2, 0.25) is 5.02 Å². The Morgan fingerprint density at radius 1 is 1.23 bits per heavy atom. The lowest BCUT2D eigenvalue weighted by Crippen LogP contribution is -2.24. The second kappa shape index (κ2) is 7.21. The van der Waals surface area contributed by atoms with Gasteiger partial charge in [0, 0.05) is 24.2 Å². The quantitative estimate of drug-likeness (QED) is 0.727. The number of likely N-dealkylation sites (N-methyl/N-ethyl adjacent to an activating group) is 1. The topological polar surface area (TPSA) is 68.8 Å². The minimum absolute atomic E-state index is 0.183. The fourth-order valence-corrected chi connectivity index (χ4v) is 2.77. The molecule has 0 aliphatic carbocycles. The maximum Gasteiger partial charge on any atom is 0.261 e. The lowest BCUT2D eigenvalue weighted by atomic mass is 10.1. The number of nitrogens with one attached hydrogen (secondary N) is 1. The lowest BCUT2D eigenvalue weighted by Gasteiger charge is -2.18. The second-order valence-electron chi connectivity index (χ2n) is 7.40. The summed E-state index contributed by atoms with van der Waals surface area (Å²) < 4.78 is 7.44. The first kappa shape index (κ1) is 18.6. The van der Waals surface area contributed by atoms with E-state index in [0.717, 1.165) is 16.8 Å². The molecule has 0 amide bonds. The Balaban J connectivity index is 2.09. The molecule has 1 aromatic carbocycles. The van der Waals surface area contributed by atoms with Crippen LogP contribution in [-0.2, 0) is 12.0 Å². The van der Waals surface area contributed by atoms with Crippen LogP contribution in [-0.4, -0.2) is 33.0 Å². The van der Waals surface area contributed by atoms with Gasteiger partial charge in [-0.25, -0.2) is 0 Å². The van der Waals surface area contributed by atoms with Gasteiger partial charge >= 0.3 is 0 Å². The smallest absolute Gasteiger partial charge is 0.261 e. The van der Waals surface area contributed by atoms with E-state index in [4.69, 9.17) is 21.2 Å². The number of nitrogens with zero attached hydrogens (tertiary/aromatic N) is 4. The molecule has 0 saturated carbocycles. The van der Waals surface area contributed by atoms with E-state index in [0.29, 0.717) is 23.2 Å². The van der Waals surface area contributed by atoms with Crippen molar-refractivity contribution in [2.45, 2.75) is 45.7 Å². The van der Waals surface area contributed by atoms with Gasteiger partial charge in [-0.05, 0) is 40.8 Å². The predicted molar refractivity (Wildman–Crippen MR) is 103 cm³/mol. The van der Waals surface area contributed by atoms with Crippen molar-refractivity contribution in [3.63, 3.8) is 0 Å². The highest BCUT2D eigenvalue weighted by atomic mass is 35.5. The van der Waals surface area contributed by atoms with Crippen LogP contribution in [0.3, 0.4) is 0 Å². The summed E-state index contributed by atoms with van der Waals surface area (Å²) in [6.45, 7) is 8.35. The van der Waals surface area contributed by atoms with Gasteiger partial charge in [0.15, 0.2) is 5.82 Å². The molecule has 0 radical (unpaired) electrons. The van der Waals surface area contributed by atoms with Crippen molar-refractivity contribution in [1.29, 1.82) is 0 Å². The molecule has 1 N–H and O–H groups in total. The van der Waals surface area contributed by atoms with Gasteiger partial charge < -0.3 is 9.84 Å². The van der Waals surface area contributed by atoms with Crippen molar-refractivity contribution in [3.05, 3.63) is 41.3 Å². The predicted octanol–water partition coefficient (Wildman–Crippen LogP) is 4.16. The Hall–Kier alpha value is -2.18.